The number of nitrogens with zero attached hydrogens (tertiary/aromatic N) is 1. The Morgan fingerprint density at radius 3 is 2.87 bits per heavy atom. The minimum atomic E-state index is -0.323. The van der Waals surface area contributed by atoms with Gasteiger partial charge in [0.25, 0.3) is 0 Å². The van der Waals surface area contributed by atoms with E-state index in [1.165, 1.54) is 12.8 Å². The third-order valence-electron chi connectivity index (χ3n) is 4.11. The fraction of sp³-hybridized carbons (Fsp3) is 0.917. The molecule has 1 heterocycles. The van der Waals surface area contributed by atoms with Crippen LogP contribution in [0.5, 0.6) is 0 Å². The molecule has 15 heavy (non-hydrogen) atoms. The van der Waals surface area contributed by atoms with Crippen LogP contribution in [0.1, 0.15) is 45.4 Å². The fourth-order valence-electron chi connectivity index (χ4n) is 3.41. The van der Waals surface area contributed by atoms with Crippen molar-refractivity contribution in [3.8, 4) is 0 Å². The molecule has 3 heteroatoms. The molecule has 2 rings (SSSR count). The highest BCUT2D eigenvalue weighted by atomic mass is 16.3. The first-order valence-electron chi connectivity index (χ1n) is 6.09. The zero-order valence-electron chi connectivity index (χ0n) is 9.54. The van der Waals surface area contributed by atoms with E-state index in [9.17, 15) is 4.79 Å². The molecule has 1 amide bonds. The first-order valence-corrected chi connectivity index (χ1v) is 6.09. The smallest absolute Gasteiger partial charge is 0.248 e. The first kappa shape index (κ1) is 10.9. The van der Waals surface area contributed by atoms with Crippen LogP contribution in [0.2, 0.25) is 0 Å². The molecule has 2 aliphatic rings. The maximum absolute atomic E-state index is 11.7. The van der Waals surface area contributed by atoms with Crippen molar-refractivity contribution in [2.24, 2.45) is 5.92 Å². The van der Waals surface area contributed by atoms with Gasteiger partial charge in [-0.15, -0.1) is 0 Å². The van der Waals surface area contributed by atoms with Crippen molar-refractivity contribution in [2.45, 2.75) is 51.0 Å². The quantitative estimate of drug-likeness (QED) is 0.715. The van der Waals surface area contributed by atoms with Crippen LogP contribution in [0.15, 0.2) is 0 Å². The maximum Gasteiger partial charge on any atom is 0.248 e. The molecule has 0 bridgehead atoms. The van der Waals surface area contributed by atoms with Gasteiger partial charge in [-0.05, 0) is 44.4 Å². The van der Waals surface area contributed by atoms with E-state index < -0.39 is 0 Å². The van der Waals surface area contributed by atoms with Crippen molar-refractivity contribution in [2.75, 3.05) is 13.2 Å². The Labute approximate surface area is 91.5 Å². The van der Waals surface area contributed by atoms with Gasteiger partial charge in [0.15, 0.2) is 0 Å². The van der Waals surface area contributed by atoms with E-state index in [1.807, 2.05) is 4.90 Å². The number of carbonyl (C=O) groups is 1. The second-order valence-corrected chi connectivity index (χ2v) is 5.23. The summed E-state index contributed by atoms with van der Waals surface area (Å²) in [5.41, 5.74) is 0.109. The molecule has 0 aromatic carbocycles. The minimum absolute atomic E-state index is 0.0659. The van der Waals surface area contributed by atoms with Crippen LogP contribution in [-0.2, 0) is 4.79 Å². The van der Waals surface area contributed by atoms with Crippen LogP contribution < -0.4 is 0 Å². The Kier molecular flexibility index (Phi) is 3.01. The molecule has 1 saturated carbocycles. The molecule has 2 atom stereocenters. The zero-order chi connectivity index (χ0) is 10.9. The fourth-order valence-corrected chi connectivity index (χ4v) is 3.41. The molecule has 1 N–H and O–H groups in total. The molecule has 0 aromatic rings. The molecule has 1 spiro atoms. The summed E-state index contributed by atoms with van der Waals surface area (Å²) in [5, 5.41) is 9.01. The number of carbonyl (C=O) groups excluding carboxylic acids is 1. The van der Waals surface area contributed by atoms with E-state index in [1.54, 1.807) is 0 Å². The van der Waals surface area contributed by atoms with Gasteiger partial charge in [0.05, 0.1) is 0 Å². The number of aliphatic hydroxyl groups is 1. The summed E-state index contributed by atoms with van der Waals surface area (Å²) in [5.74, 6) is 0.667. The van der Waals surface area contributed by atoms with Gasteiger partial charge < -0.3 is 10.0 Å². The first-order chi connectivity index (χ1) is 7.18. The summed E-state index contributed by atoms with van der Waals surface area (Å²) >= 11 is 0. The molecule has 86 valence electrons. The molecule has 0 aromatic heterocycles. The van der Waals surface area contributed by atoms with Crippen LogP contribution in [-0.4, -0.2) is 34.6 Å². The lowest BCUT2D eigenvalue weighted by Gasteiger charge is -2.45. The van der Waals surface area contributed by atoms with Gasteiger partial charge in [-0.25, -0.2) is 0 Å². The van der Waals surface area contributed by atoms with E-state index in [0.717, 1.165) is 38.1 Å². The van der Waals surface area contributed by atoms with Crippen molar-refractivity contribution in [1.29, 1.82) is 0 Å². The molecule has 1 aliphatic heterocycles. The minimum Gasteiger partial charge on any atom is -0.387 e. The average Bonchev–Trinajstić information content (AvgIpc) is 2.60. The highest BCUT2D eigenvalue weighted by Crippen LogP contribution is 2.44. The SMILES string of the molecule is CC1CCC2(CCCCN2C(=O)CO)C1. The zero-order valence-corrected chi connectivity index (χ0v) is 9.54. The van der Waals surface area contributed by atoms with E-state index in [2.05, 4.69) is 6.92 Å². The lowest BCUT2D eigenvalue weighted by molar-refractivity contribution is -0.143. The van der Waals surface area contributed by atoms with E-state index >= 15 is 0 Å². The second kappa shape index (κ2) is 4.12. The van der Waals surface area contributed by atoms with Crippen molar-refractivity contribution in [1.82, 2.24) is 4.90 Å². The van der Waals surface area contributed by atoms with Gasteiger partial charge in [-0.1, -0.05) is 6.92 Å². The van der Waals surface area contributed by atoms with Crippen molar-refractivity contribution in [3.05, 3.63) is 0 Å². The average molecular weight is 211 g/mol. The molecular formula is C12H21NO2. The normalized spacial score (nSPS) is 36.1. The van der Waals surface area contributed by atoms with Crippen LogP contribution in [0.4, 0.5) is 0 Å². The summed E-state index contributed by atoms with van der Waals surface area (Å²) in [6, 6.07) is 0. The highest BCUT2D eigenvalue weighted by molar-refractivity contribution is 5.78. The molecule has 1 aliphatic carbocycles. The van der Waals surface area contributed by atoms with Gasteiger partial charge in [0.1, 0.15) is 6.61 Å². The summed E-state index contributed by atoms with van der Waals surface area (Å²) in [6.45, 7) is 2.80. The van der Waals surface area contributed by atoms with Crippen molar-refractivity contribution < 1.29 is 9.90 Å². The molecule has 2 fully saturated rings. The molecule has 3 nitrogen and oxygen atoms in total. The van der Waals surface area contributed by atoms with Gasteiger partial charge in [0.2, 0.25) is 5.91 Å². The van der Waals surface area contributed by atoms with E-state index in [-0.39, 0.29) is 18.1 Å². The number of amides is 1. The van der Waals surface area contributed by atoms with Crippen LogP contribution >= 0.6 is 0 Å². The summed E-state index contributed by atoms with van der Waals surface area (Å²) < 4.78 is 0. The maximum atomic E-state index is 11.7. The van der Waals surface area contributed by atoms with Crippen LogP contribution in [0.3, 0.4) is 0 Å². The monoisotopic (exact) mass is 211 g/mol. The molecule has 0 radical (unpaired) electrons. The number of piperidine rings is 1. The second-order valence-electron chi connectivity index (χ2n) is 5.23. The third kappa shape index (κ3) is 1.89. The van der Waals surface area contributed by atoms with Gasteiger partial charge in [-0.3, -0.25) is 4.79 Å². The number of rotatable bonds is 1. The molecule has 2 unspecified atom stereocenters. The lowest BCUT2D eigenvalue weighted by Crippen LogP contribution is -2.54. The molecular weight excluding hydrogens is 190 g/mol. The van der Waals surface area contributed by atoms with E-state index in [4.69, 9.17) is 5.11 Å². The Bertz CT molecular complexity index is 250. The van der Waals surface area contributed by atoms with Crippen LogP contribution in [0.25, 0.3) is 0 Å². The predicted molar refractivity (Wildman–Crippen MR) is 58.4 cm³/mol. The van der Waals surface area contributed by atoms with Crippen molar-refractivity contribution >= 4 is 5.91 Å². The predicted octanol–water partition coefficient (Wildman–Crippen LogP) is 1.55. The summed E-state index contributed by atoms with van der Waals surface area (Å²) in [6.07, 6.45) is 6.99. The van der Waals surface area contributed by atoms with Crippen LogP contribution in [0, 0.1) is 5.92 Å². The summed E-state index contributed by atoms with van der Waals surface area (Å²) in [7, 11) is 0. The lowest BCUT2D eigenvalue weighted by atomic mass is 9.84. The number of aliphatic hydroxyl groups excluding tert-OH is 1. The molecule has 1 saturated heterocycles. The number of hydrogen-bond donors (Lipinski definition) is 1. The van der Waals surface area contributed by atoms with Crippen molar-refractivity contribution in [3.63, 3.8) is 0 Å². The topological polar surface area (TPSA) is 40.5 Å². The Morgan fingerprint density at radius 1 is 1.47 bits per heavy atom. The largest absolute Gasteiger partial charge is 0.387 e. The van der Waals surface area contributed by atoms with Gasteiger partial charge in [0, 0.05) is 12.1 Å². The Hall–Kier alpha value is -0.570. The Balaban J connectivity index is 2.15. The number of hydrogen-bond acceptors (Lipinski definition) is 2. The van der Waals surface area contributed by atoms with E-state index in [0.29, 0.717) is 0 Å². The Morgan fingerprint density at radius 2 is 2.27 bits per heavy atom. The van der Waals surface area contributed by atoms with Gasteiger partial charge in [-0.2, -0.15) is 0 Å². The van der Waals surface area contributed by atoms with Gasteiger partial charge >= 0.3 is 0 Å². The number of likely N-dealkylation sites (tertiary alicyclic amines) is 1. The standard InChI is InChI=1S/C12H21NO2/c1-10-4-6-12(8-10)5-2-3-7-13(12)11(15)9-14/h10,14H,2-9H2,1H3. The highest BCUT2D eigenvalue weighted by Gasteiger charge is 2.45. The summed E-state index contributed by atoms with van der Waals surface area (Å²) in [4.78, 5) is 13.7. The third-order valence-corrected chi connectivity index (χ3v) is 4.11.